The first-order valence-electron chi connectivity index (χ1n) is 14.9. The van der Waals surface area contributed by atoms with Crippen molar-refractivity contribution >= 4 is 17.9 Å². The lowest BCUT2D eigenvalue weighted by atomic mass is 10.0. The van der Waals surface area contributed by atoms with Crippen molar-refractivity contribution in [2.45, 2.75) is 90.6 Å². The van der Waals surface area contributed by atoms with Gasteiger partial charge < -0.3 is 14.2 Å². The van der Waals surface area contributed by atoms with Crippen LogP contribution in [0.1, 0.15) is 104 Å². The minimum absolute atomic E-state index is 0.212. The predicted molar refractivity (Wildman–Crippen MR) is 161 cm³/mol. The molecule has 0 aliphatic rings. The maximum atomic E-state index is 12.6. The SMILES string of the molecule is CCCCCCCCCCCCc1cnc(-c2ccc(C(=O)Oc3ccc(C(=O)O[C@H](C)C(=O)OC)cc3)cc2)nc1. The first kappa shape index (κ1) is 32.4. The molecule has 224 valence electrons. The number of esters is 3. The Morgan fingerprint density at radius 1 is 0.714 bits per heavy atom. The highest BCUT2D eigenvalue weighted by atomic mass is 16.6. The fourth-order valence-electron chi connectivity index (χ4n) is 4.47. The molecule has 1 aromatic heterocycles. The summed E-state index contributed by atoms with van der Waals surface area (Å²) in [5.74, 6) is -1.00. The molecule has 2 aromatic carbocycles. The van der Waals surface area contributed by atoms with Gasteiger partial charge in [-0.3, -0.25) is 0 Å². The van der Waals surface area contributed by atoms with E-state index in [4.69, 9.17) is 9.47 Å². The van der Waals surface area contributed by atoms with E-state index in [0.29, 0.717) is 11.4 Å². The summed E-state index contributed by atoms with van der Waals surface area (Å²) in [5, 5.41) is 0. The summed E-state index contributed by atoms with van der Waals surface area (Å²) in [6.07, 6.45) is 16.9. The molecule has 0 unspecified atom stereocenters. The van der Waals surface area contributed by atoms with Gasteiger partial charge in [-0.2, -0.15) is 0 Å². The van der Waals surface area contributed by atoms with Crippen LogP contribution in [0.25, 0.3) is 11.4 Å². The summed E-state index contributed by atoms with van der Waals surface area (Å²) in [5.41, 5.74) is 2.52. The Bertz CT molecular complexity index is 1260. The van der Waals surface area contributed by atoms with Crippen molar-refractivity contribution in [2.75, 3.05) is 7.11 Å². The third-order valence-corrected chi connectivity index (χ3v) is 7.02. The number of unbranched alkanes of at least 4 members (excludes halogenated alkanes) is 9. The summed E-state index contributed by atoms with van der Waals surface area (Å²) in [4.78, 5) is 45.3. The number of carbonyl (C=O) groups excluding carboxylic acids is 3. The summed E-state index contributed by atoms with van der Waals surface area (Å²) in [6, 6.07) is 12.8. The van der Waals surface area contributed by atoms with Crippen LogP contribution in [-0.4, -0.2) is 41.1 Å². The molecule has 42 heavy (non-hydrogen) atoms. The average molecular weight is 575 g/mol. The Hall–Kier alpha value is -4.07. The van der Waals surface area contributed by atoms with Crippen LogP contribution in [0.2, 0.25) is 0 Å². The van der Waals surface area contributed by atoms with Gasteiger partial charge >= 0.3 is 17.9 Å². The Labute approximate surface area is 248 Å². The van der Waals surface area contributed by atoms with Gasteiger partial charge in [-0.15, -0.1) is 0 Å². The van der Waals surface area contributed by atoms with Crippen molar-refractivity contribution in [3.63, 3.8) is 0 Å². The highest BCUT2D eigenvalue weighted by Crippen LogP contribution is 2.19. The second kappa shape index (κ2) is 17.7. The molecule has 0 aliphatic carbocycles. The lowest BCUT2D eigenvalue weighted by molar-refractivity contribution is -0.149. The number of benzene rings is 2. The summed E-state index contributed by atoms with van der Waals surface area (Å²) in [6.45, 7) is 3.68. The largest absolute Gasteiger partial charge is 0.466 e. The molecule has 0 spiro atoms. The molecule has 0 saturated heterocycles. The molecule has 3 aromatic rings. The minimum Gasteiger partial charge on any atom is -0.466 e. The second-order valence-corrected chi connectivity index (χ2v) is 10.4. The molecule has 0 aliphatic heterocycles. The zero-order valence-electron chi connectivity index (χ0n) is 25.0. The van der Waals surface area contributed by atoms with Gasteiger partial charge in [0.2, 0.25) is 0 Å². The van der Waals surface area contributed by atoms with Crippen molar-refractivity contribution in [1.82, 2.24) is 9.97 Å². The molecular weight excluding hydrogens is 532 g/mol. The lowest BCUT2D eigenvalue weighted by Crippen LogP contribution is -2.25. The number of nitrogens with zero attached hydrogens (tertiary/aromatic N) is 2. The number of aryl methyl sites for hydroxylation is 1. The first-order valence-corrected chi connectivity index (χ1v) is 14.9. The number of hydrogen-bond acceptors (Lipinski definition) is 8. The van der Waals surface area contributed by atoms with Gasteiger partial charge in [0.25, 0.3) is 0 Å². The molecule has 0 fully saturated rings. The smallest absolute Gasteiger partial charge is 0.346 e. The number of carbonyl (C=O) groups is 3. The van der Waals surface area contributed by atoms with Crippen molar-refractivity contribution in [2.24, 2.45) is 0 Å². The second-order valence-electron chi connectivity index (χ2n) is 10.4. The molecule has 1 heterocycles. The molecule has 0 bridgehead atoms. The van der Waals surface area contributed by atoms with Crippen molar-refractivity contribution in [3.05, 3.63) is 77.6 Å². The number of rotatable bonds is 17. The molecule has 0 N–H and O–H groups in total. The average Bonchev–Trinajstić information content (AvgIpc) is 3.02. The van der Waals surface area contributed by atoms with Crippen molar-refractivity contribution in [3.8, 4) is 17.1 Å². The topological polar surface area (TPSA) is 105 Å². The van der Waals surface area contributed by atoms with E-state index in [9.17, 15) is 14.4 Å². The monoisotopic (exact) mass is 574 g/mol. The van der Waals surface area contributed by atoms with E-state index in [1.807, 2.05) is 12.4 Å². The summed E-state index contributed by atoms with van der Waals surface area (Å²) in [7, 11) is 1.22. The standard InChI is InChI=1S/C34H42N2O6/c1-4-5-6-7-8-9-10-11-12-13-14-26-23-35-31(36-24-26)27-15-17-28(18-16-27)34(39)42-30-21-19-29(20-22-30)33(38)41-25(2)32(37)40-3/h15-25H,4-14H2,1-3H3/t25-/m1/s1. The third kappa shape index (κ3) is 10.7. The fourth-order valence-corrected chi connectivity index (χ4v) is 4.47. The van der Waals surface area contributed by atoms with Gasteiger partial charge in [-0.1, -0.05) is 76.8 Å². The molecule has 0 saturated carbocycles. The normalized spacial score (nSPS) is 11.5. The number of hydrogen-bond donors (Lipinski definition) is 0. The molecule has 8 nitrogen and oxygen atoms in total. The van der Waals surface area contributed by atoms with E-state index in [1.165, 1.54) is 96.1 Å². The van der Waals surface area contributed by atoms with E-state index in [0.717, 1.165) is 24.0 Å². The van der Waals surface area contributed by atoms with Gasteiger partial charge in [-0.25, -0.2) is 24.4 Å². The van der Waals surface area contributed by atoms with Crippen LogP contribution in [0, 0.1) is 0 Å². The van der Waals surface area contributed by atoms with Crippen LogP contribution in [-0.2, 0) is 20.7 Å². The lowest BCUT2D eigenvalue weighted by Gasteiger charge is -2.11. The first-order chi connectivity index (χ1) is 20.4. The van der Waals surface area contributed by atoms with E-state index >= 15 is 0 Å². The van der Waals surface area contributed by atoms with E-state index < -0.39 is 24.0 Å². The third-order valence-electron chi connectivity index (χ3n) is 7.02. The number of ether oxygens (including phenoxy) is 3. The molecule has 3 rings (SSSR count). The van der Waals surface area contributed by atoms with Gasteiger partial charge in [0.1, 0.15) is 5.75 Å². The maximum Gasteiger partial charge on any atom is 0.346 e. The predicted octanol–water partition coefficient (Wildman–Crippen LogP) is 7.54. The van der Waals surface area contributed by atoms with Crippen molar-refractivity contribution < 1.29 is 28.6 Å². The van der Waals surface area contributed by atoms with Crippen molar-refractivity contribution in [1.29, 1.82) is 0 Å². The van der Waals surface area contributed by atoms with E-state index in [2.05, 4.69) is 21.6 Å². The Kier molecular flexibility index (Phi) is 13.7. The quantitative estimate of drug-likeness (QED) is 0.0925. The van der Waals surface area contributed by atoms with Crippen LogP contribution >= 0.6 is 0 Å². The van der Waals surface area contributed by atoms with Crippen LogP contribution in [0.3, 0.4) is 0 Å². The molecular formula is C34H42N2O6. The zero-order valence-corrected chi connectivity index (χ0v) is 25.0. The van der Waals surface area contributed by atoms with Crippen LogP contribution < -0.4 is 4.74 Å². The number of aromatic nitrogens is 2. The van der Waals surface area contributed by atoms with E-state index in [1.54, 1.807) is 24.3 Å². The Morgan fingerprint density at radius 3 is 1.81 bits per heavy atom. The Morgan fingerprint density at radius 2 is 1.24 bits per heavy atom. The molecule has 8 heteroatoms. The number of methoxy groups -OCH3 is 1. The van der Waals surface area contributed by atoms with Gasteiger partial charge in [0, 0.05) is 18.0 Å². The van der Waals surface area contributed by atoms with Crippen LogP contribution in [0.15, 0.2) is 60.9 Å². The zero-order chi connectivity index (χ0) is 30.2. The molecule has 0 radical (unpaired) electrons. The van der Waals surface area contributed by atoms with Gasteiger partial charge in [0.05, 0.1) is 18.2 Å². The van der Waals surface area contributed by atoms with Crippen LogP contribution in [0.5, 0.6) is 5.75 Å². The fraction of sp³-hybridized carbons (Fsp3) is 0.441. The summed E-state index contributed by atoms with van der Waals surface area (Å²) < 4.78 is 15.0. The highest BCUT2D eigenvalue weighted by molar-refractivity contribution is 5.93. The molecule has 1 atom stereocenters. The maximum absolute atomic E-state index is 12.6. The minimum atomic E-state index is -1.03. The Balaban J connectivity index is 1.41. The van der Waals surface area contributed by atoms with Gasteiger partial charge in [0.15, 0.2) is 11.9 Å². The molecule has 0 amide bonds. The summed E-state index contributed by atoms with van der Waals surface area (Å²) >= 11 is 0. The highest BCUT2D eigenvalue weighted by Gasteiger charge is 2.19. The van der Waals surface area contributed by atoms with Crippen LogP contribution in [0.4, 0.5) is 0 Å². The van der Waals surface area contributed by atoms with Gasteiger partial charge in [-0.05, 0) is 61.7 Å². The van der Waals surface area contributed by atoms with E-state index in [-0.39, 0.29) is 11.3 Å².